The second kappa shape index (κ2) is 14.0. The Morgan fingerprint density at radius 1 is 1.12 bits per heavy atom. The van der Waals surface area contributed by atoms with Crippen LogP contribution in [0.25, 0.3) is 0 Å². The van der Waals surface area contributed by atoms with Crippen LogP contribution in [0, 0.1) is 0 Å². The number of alkyl halides is 6. The van der Waals surface area contributed by atoms with Gasteiger partial charge in [0.1, 0.15) is 21.9 Å². The molecule has 1 aromatic carbocycles. The standard InChI is InChI=1S/C33H33ClF6N4O5S/c1-2-5-24-31(49-21-17-25(50-18-21)33(38,39)40,10-4-13-43(24)27(46)26-23(32(35,36)37)6-3-12-42-26)29(48)44-14-9-19-16-20(34)7-8-22(19)30(44,11-15-45)28(41)47/h3,6-8,12,16-18,24,45H,2,4-5,9-11,13-15H2,1H3,(H2,41,47)/t24-,30?,31-/m1/s1. The van der Waals surface area contributed by atoms with Gasteiger partial charge in [-0.3, -0.25) is 19.4 Å². The number of primary amides is 1. The summed E-state index contributed by atoms with van der Waals surface area (Å²) in [5, 5.41) is 11.6. The fourth-order valence-electron chi connectivity index (χ4n) is 7.14. The van der Waals surface area contributed by atoms with Gasteiger partial charge < -0.3 is 25.4 Å². The normalized spacial score (nSPS) is 22.6. The van der Waals surface area contributed by atoms with E-state index in [1.54, 1.807) is 13.0 Å². The summed E-state index contributed by atoms with van der Waals surface area (Å²) in [6.07, 6.45) is -8.91. The molecule has 9 nitrogen and oxygen atoms in total. The highest BCUT2D eigenvalue weighted by atomic mass is 35.5. The smallest absolute Gasteiger partial charge is 0.425 e. The number of pyridine rings is 1. The van der Waals surface area contributed by atoms with Crippen LogP contribution >= 0.6 is 22.9 Å². The van der Waals surface area contributed by atoms with E-state index in [0.717, 1.165) is 27.4 Å². The summed E-state index contributed by atoms with van der Waals surface area (Å²) in [5.74, 6) is -3.48. The second-order valence-corrected chi connectivity index (χ2v) is 13.5. The first-order valence-corrected chi connectivity index (χ1v) is 17.0. The number of amides is 3. The molecule has 3 amide bonds. The van der Waals surface area contributed by atoms with Crippen LogP contribution in [0.5, 0.6) is 5.75 Å². The molecule has 3 N–H and O–H groups in total. The predicted octanol–water partition coefficient (Wildman–Crippen LogP) is 6.20. The van der Waals surface area contributed by atoms with Gasteiger partial charge >= 0.3 is 12.4 Å². The van der Waals surface area contributed by atoms with E-state index < -0.39 is 70.0 Å². The molecule has 0 saturated carbocycles. The van der Waals surface area contributed by atoms with Crippen molar-refractivity contribution in [3.8, 4) is 5.75 Å². The number of rotatable bonds is 9. The number of nitrogens with two attached hydrogens (primary N) is 1. The minimum atomic E-state index is -4.96. The van der Waals surface area contributed by atoms with Gasteiger partial charge in [0.05, 0.1) is 11.6 Å². The lowest BCUT2D eigenvalue weighted by molar-refractivity contribution is -0.171. The third-order valence-corrected chi connectivity index (χ3v) is 10.4. The van der Waals surface area contributed by atoms with Crippen LogP contribution in [0.2, 0.25) is 5.02 Å². The number of carbonyl (C=O) groups is 3. The van der Waals surface area contributed by atoms with Gasteiger partial charge in [-0.25, -0.2) is 0 Å². The zero-order valence-electron chi connectivity index (χ0n) is 26.6. The largest absolute Gasteiger partial charge is 0.474 e. The number of aliphatic hydroxyl groups excluding tert-OH is 1. The molecular formula is C33H33ClF6N4O5S. The number of benzene rings is 1. The molecule has 0 bridgehead atoms. The van der Waals surface area contributed by atoms with Crippen LogP contribution in [0.4, 0.5) is 26.3 Å². The van der Waals surface area contributed by atoms with E-state index in [1.807, 2.05) is 0 Å². The minimum absolute atomic E-state index is 0.0221. The molecule has 2 aliphatic rings. The number of hydrogen-bond donors (Lipinski definition) is 2. The molecule has 3 aromatic rings. The summed E-state index contributed by atoms with van der Waals surface area (Å²) in [7, 11) is 0. The summed E-state index contributed by atoms with van der Waals surface area (Å²) in [5.41, 5.74) is 0.428. The maximum atomic E-state index is 15.3. The summed E-state index contributed by atoms with van der Waals surface area (Å²) < 4.78 is 89.6. The van der Waals surface area contributed by atoms with E-state index in [-0.39, 0.29) is 62.9 Å². The van der Waals surface area contributed by atoms with Crippen LogP contribution in [0.1, 0.15) is 71.1 Å². The molecule has 17 heteroatoms. The van der Waals surface area contributed by atoms with Crippen molar-refractivity contribution >= 4 is 40.7 Å². The fraction of sp³-hybridized carbons (Fsp3) is 0.455. The molecule has 270 valence electrons. The lowest BCUT2D eigenvalue weighted by Gasteiger charge is -2.53. The van der Waals surface area contributed by atoms with E-state index >= 15 is 4.79 Å². The van der Waals surface area contributed by atoms with Gasteiger partial charge in [0.2, 0.25) is 11.5 Å². The van der Waals surface area contributed by atoms with Crippen LogP contribution < -0.4 is 10.5 Å². The van der Waals surface area contributed by atoms with E-state index in [1.165, 1.54) is 12.1 Å². The molecule has 50 heavy (non-hydrogen) atoms. The van der Waals surface area contributed by atoms with Crippen molar-refractivity contribution in [3.63, 3.8) is 0 Å². The van der Waals surface area contributed by atoms with Crippen molar-refractivity contribution in [2.24, 2.45) is 5.73 Å². The molecule has 1 unspecified atom stereocenters. The Kier molecular flexibility index (Phi) is 10.5. The number of nitrogens with zero attached hydrogens (tertiary/aromatic N) is 3. The molecule has 1 saturated heterocycles. The van der Waals surface area contributed by atoms with Gasteiger partial charge in [0.25, 0.3) is 11.8 Å². The van der Waals surface area contributed by atoms with Gasteiger partial charge in [0.15, 0.2) is 0 Å². The molecular weight excluding hydrogens is 714 g/mol. The summed E-state index contributed by atoms with van der Waals surface area (Å²) in [6, 6.07) is 5.65. The maximum absolute atomic E-state index is 15.3. The van der Waals surface area contributed by atoms with Crippen molar-refractivity contribution in [2.45, 2.75) is 75.0 Å². The summed E-state index contributed by atoms with van der Waals surface area (Å²) in [4.78, 5) is 47.8. The highest BCUT2D eigenvalue weighted by Gasteiger charge is 2.60. The molecule has 0 spiro atoms. The number of halogens is 7. The quantitative estimate of drug-likeness (QED) is 0.251. The van der Waals surface area contributed by atoms with Crippen molar-refractivity contribution in [1.82, 2.24) is 14.8 Å². The van der Waals surface area contributed by atoms with Gasteiger partial charge in [-0.1, -0.05) is 31.0 Å². The van der Waals surface area contributed by atoms with Crippen LogP contribution in [0.3, 0.4) is 0 Å². The Balaban J connectivity index is 1.71. The first kappa shape index (κ1) is 37.4. The summed E-state index contributed by atoms with van der Waals surface area (Å²) >= 11 is 6.53. The van der Waals surface area contributed by atoms with Gasteiger partial charge in [-0.15, -0.1) is 11.3 Å². The van der Waals surface area contributed by atoms with E-state index in [4.69, 9.17) is 22.1 Å². The lowest BCUT2D eigenvalue weighted by atomic mass is 9.74. The second-order valence-electron chi connectivity index (χ2n) is 12.1. The Morgan fingerprint density at radius 2 is 1.86 bits per heavy atom. The number of thiophene rings is 1. The first-order valence-electron chi connectivity index (χ1n) is 15.7. The van der Waals surface area contributed by atoms with Gasteiger partial charge in [0, 0.05) is 55.2 Å². The van der Waals surface area contributed by atoms with Crippen molar-refractivity contribution in [1.29, 1.82) is 0 Å². The molecule has 1 fully saturated rings. The molecule has 4 heterocycles. The Morgan fingerprint density at radius 3 is 2.48 bits per heavy atom. The third kappa shape index (κ3) is 6.64. The zero-order valence-corrected chi connectivity index (χ0v) is 28.2. The number of hydrogen-bond acceptors (Lipinski definition) is 7. The zero-order chi connectivity index (χ0) is 36.6. The predicted molar refractivity (Wildman–Crippen MR) is 170 cm³/mol. The molecule has 3 atom stereocenters. The molecule has 5 rings (SSSR count). The van der Waals surface area contributed by atoms with Crippen molar-refractivity contribution in [3.05, 3.63) is 80.3 Å². The van der Waals surface area contributed by atoms with E-state index in [9.17, 15) is 41.0 Å². The van der Waals surface area contributed by atoms with Crippen LogP contribution in [-0.2, 0) is 33.9 Å². The average Bonchev–Trinajstić information content (AvgIpc) is 3.53. The Bertz CT molecular complexity index is 1770. The van der Waals surface area contributed by atoms with Crippen molar-refractivity contribution in [2.75, 3.05) is 19.7 Å². The number of carbonyl (C=O) groups excluding carboxylic acids is 3. The van der Waals surface area contributed by atoms with Crippen LogP contribution in [0.15, 0.2) is 48.0 Å². The summed E-state index contributed by atoms with van der Waals surface area (Å²) in [6.45, 7) is 0.765. The number of piperidine rings is 1. The molecule has 0 aliphatic carbocycles. The topological polar surface area (TPSA) is 126 Å². The monoisotopic (exact) mass is 746 g/mol. The maximum Gasteiger partial charge on any atom is 0.425 e. The average molecular weight is 747 g/mol. The van der Waals surface area contributed by atoms with E-state index in [2.05, 4.69) is 4.98 Å². The molecule has 2 aromatic heterocycles. The van der Waals surface area contributed by atoms with Crippen LogP contribution in [-0.4, -0.2) is 69.0 Å². The SMILES string of the molecule is CCC[C@H]1N(C(=O)c2ncccc2C(F)(F)F)CCC[C@]1(Oc1csc(C(F)(F)F)c1)C(=O)N1CCc2cc(Cl)ccc2C1(CCO)C(N)=O. The Labute approximate surface area is 292 Å². The minimum Gasteiger partial charge on any atom is -0.474 e. The first-order chi connectivity index (χ1) is 23.5. The highest BCUT2D eigenvalue weighted by molar-refractivity contribution is 7.10. The van der Waals surface area contributed by atoms with Crippen molar-refractivity contribution < 1.29 is 50.6 Å². The Hall–Kier alpha value is -3.89. The number of fused-ring (bicyclic) bond motifs is 1. The molecule has 2 aliphatic heterocycles. The molecule has 0 radical (unpaired) electrons. The number of aromatic nitrogens is 1. The third-order valence-electron chi connectivity index (χ3n) is 9.22. The number of likely N-dealkylation sites (tertiary alicyclic amines) is 1. The number of ether oxygens (including phenoxy) is 1. The lowest BCUT2D eigenvalue weighted by Crippen LogP contribution is -2.72. The number of aliphatic hydroxyl groups is 1. The van der Waals surface area contributed by atoms with Gasteiger partial charge in [-0.2, -0.15) is 26.3 Å². The van der Waals surface area contributed by atoms with E-state index in [0.29, 0.717) is 34.1 Å². The highest BCUT2D eigenvalue weighted by Crippen LogP contribution is 2.46. The fourth-order valence-corrected chi connectivity index (χ4v) is 8.01. The van der Waals surface area contributed by atoms with Gasteiger partial charge in [-0.05, 0) is 54.7 Å².